The van der Waals surface area contributed by atoms with Crippen molar-refractivity contribution in [3.8, 4) is 0 Å². The number of nitrogens with one attached hydrogen (secondary N) is 1. The van der Waals surface area contributed by atoms with Crippen molar-refractivity contribution in [2.75, 3.05) is 13.1 Å². The highest BCUT2D eigenvalue weighted by Gasteiger charge is 2.39. The lowest BCUT2D eigenvalue weighted by molar-refractivity contribution is -0.0513. The molecule has 82 valence electrons. The van der Waals surface area contributed by atoms with Gasteiger partial charge in [0.15, 0.2) is 0 Å². The van der Waals surface area contributed by atoms with Crippen molar-refractivity contribution in [1.82, 2.24) is 5.32 Å². The number of hydrogen-bond acceptors (Lipinski definition) is 2. The Balaban J connectivity index is 1.99. The van der Waals surface area contributed by atoms with Crippen molar-refractivity contribution in [1.29, 1.82) is 0 Å². The maximum absolute atomic E-state index is 10.3. The molecule has 1 saturated heterocycles. The minimum Gasteiger partial charge on any atom is -0.389 e. The van der Waals surface area contributed by atoms with E-state index in [1.165, 1.54) is 32.1 Å². The van der Waals surface area contributed by atoms with Gasteiger partial charge in [0, 0.05) is 6.54 Å². The van der Waals surface area contributed by atoms with Crippen LogP contribution in [0.4, 0.5) is 0 Å². The molecular formula is C12H23NO. The molecule has 0 spiro atoms. The van der Waals surface area contributed by atoms with Gasteiger partial charge in [0.25, 0.3) is 0 Å². The molecule has 2 atom stereocenters. The topological polar surface area (TPSA) is 32.3 Å². The highest BCUT2D eigenvalue weighted by atomic mass is 16.3. The molecule has 1 aliphatic carbocycles. The van der Waals surface area contributed by atoms with E-state index in [-0.39, 0.29) is 0 Å². The highest BCUT2D eigenvalue weighted by Crippen LogP contribution is 2.38. The predicted octanol–water partition coefficient (Wildman–Crippen LogP) is 1.93. The first kappa shape index (κ1) is 10.4. The summed E-state index contributed by atoms with van der Waals surface area (Å²) in [6.07, 6.45) is 8.03. The molecule has 2 aliphatic rings. The fraction of sp³-hybridized carbons (Fsp3) is 1.00. The second-order valence-corrected chi connectivity index (χ2v) is 5.33. The summed E-state index contributed by atoms with van der Waals surface area (Å²) in [5.41, 5.74) is -0.458. The highest BCUT2D eigenvalue weighted by molar-refractivity contribution is 4.92. The van der Waals surface area contributed by atoms with E-state index in [2.05, 4.69) is 5.32 Å². The molecule has 14 heavy (non-hydrogen) atoms. The van der Waals surface area contributed by atoms with E-state index in [0.717, 1.165) is 25.4 Å². The van der Waals surface area contributed by atoms with Crippen LogP contribution in [0.25, 0.3) is 0 Å². The van der Waals surface area contributed by atoms with E-state index in [1.54, 1.807) is 0 Å². The summed E-state index contributed by atoms with van der Waals surface area (Å²) in [5, 5.41) is 13.6. The Morgan fingerprint density at radius 3 is 2.50 bits per heavy atom. The summed E-state index contributed by atoms with van der Waals surface area (Å²) in [6, 6.07) is 0. The molecule has 1 aliphatic heterocycles. The molecule has 0 aromatic carbocycles. The van der Waals surface area contributed by atoms with Gasteiger partial charge in [-0.3, -0.25) is 0 Å². The summed E-state index contributed by atoms with van der Waals surface area (Å²) < 4.78 is 0. The smallest absolute Gasteiger partial charge is 0.0774 e. The molecule has 2 N–H and O–H groups in total. The van der Waals surface area contributed by atoms with E-state index >= 15 is 0 Å². The lowest BCUT2D eigenvalue weighted by Crippen LogP contribution is -2.52. The van der Waals surface area contributed by atoms with Gasteiger partial charge in [-0.1, -0.05) is 32.1 Å². The Morgan fingerprint density at radius 2 is 1.86 bits per heavy atom. The lowest BCUT2D eigenvalue weighted by Gasteiger charge is -2.43. The van der Waals surface area contributed by atoms with Gasteiger partial charge in [-0.05, 0) is 31.7 Å². The second-order valence-electron chi connectivity index (χ2n) is 5.33. The van der Waals surface area contributed by atoms with E-state index in [4.69, 9.17) is 0 Å². The Morgan fingerprint density at radius 1 is 1.14 bits per heavy atom. The summed E-state index contributed by atoms with van der Waals surface area (Å²) in [5.74, 6) is 1.34. The number of β-amino-alcohol motifs (C(OH)–C–C–N with tert-alkyl or cyclic N) is 1. The van der Waals surface area contributed by atoms with Crippen molar-refractivity contribution in [2.45, 2.75) is 51.0 Å². The van der Waals surface area contributed by atoms with Gasteiger partial charge < -0.3 is 10.4 Å². The minimum atomic E-state index is -0.458. The van der Waals surface area contributed by atoms with E-state index in [0.29, 0.717) is 5.92 Å². The van der Waals surface area contributed by atoms with Crippen LogP contribution in [0.1, 0.15) is 45.4 Å². The average molecular weight is 197 g/mol. The third kappa shape index (κ3) is 2.12. The van der Waals surface area contributed by atoms with Crippen LogP contribution in [0.2, 0.25) is 0 Å². The second kappa shape index (κ2) is 4.19. The molecule has 2 unspecified atom stereocenters. The van der Waals surface area contributed by atoms with Gasteiger partial charge in [-0.2, -0.15) is 0 Å². The molecule has 0 aromatic rings. The van der Waals surface area contributed by atoms with Crippen LogP contribution in [-0.4, -0.2) is 23.8 Å². The zero-order valence-corrected chi connectivity index (χ0v) is 9.26. The van der Waals surface area contributed by atoms with Gasteiger partial charge in [-0.15, -0.1) is 0 Å². The van der Waals surface area contributed by atoms with Crippen LogP contribution in [0, 0.1) is 11.8 Å². The van der Waals surface area contributed by atoms with E-state index < -0.39 is 5.60 Å². The SMILES string of the molecule is CC1(O)CNCCC1C1CCCCC1. The largest absolute Gasteiger partial charge is 0.389 e. The first-order chi connectivity index (χ1) is 6.70. The van der Waals surface area contributed by atoms with E-state index in [1.807, 2.05) is 6.92 Å². The van der Waals surface area contributed by atoms with Crippen LogP contribution in [0.3, 0.4) is 0 Å². The molecule has 0 radical (unpaired) electrons. The standard InChI is InChI=1S/C12H23NO/c1-12(14)9-13-8-7-11(12)10-5-3-2-4-6-10/h10-11,13-14H,2-9H2,1H3. The molecule has 0 bridgehead atoms. The van der Waals surface area contributed by atoms with Crippen molar-refractivity contribution in [3.63, 3.8) is 0 Å². The number of piperidine rings is 1. The van der Waals surface area contributed by atoms with Crippen LogP contribution in [-0.2, 0) is 0 Å². The molecule has 1 saturated carbocycles. The molecular weight excluding hydrogens is 174 g/mol. The monoisotopic (exact) mass is 197 g/mol. The molecule has 2 fully saturated rings. The fourth-order valence-corrected chi connectivity index (χ4v) is 3.32. The Kier molecular flexibility index (Phi) is 3.13. The molecule has 2 rings (SSSR count). The summed E-state index contributed by atoms with van der Waals surface area (Å²) in [4.78, 5) is 0. The van der Waals surface area contributed by atoms with Crippen molar-refractivity contribution in [3.05, 3.63) is 0 Å². The fourth-order valence-electron chi connectivity index (χ4n) is 3.32. The summed E-state index contributed by atoms with van der Waals surface area (Å²) in [7, 11) is 0. The first-order valence-electron chi connectivity index (χ1n) is 6.13. The number of aliphatic hydroxyl groups is 1. The Labute approximate surface area is 87.1 Å². The predicted molar refractivity (Wildman–Crippen MR) is 58.2 cm³/mol. The third-order valence-corrected chi connectivity index (χ3v) is 4.13. The van der Waals surface area contributed by atoms with Gasteiger partial charge >= 0.3 is 0 Å². The van der Waals surface area contributed by atoms with Gasteiger partial charge in [-0.25, -0.2) is 0 Å². The van der Waals surface area contributed by atoms with E-state index in [9.17, 15) is 5.11 Å². The number of rotatable bonds is 1. The number of hydrogen-bond donors (Lipinski definition) is 2. The Bertz CT molecular complexity index is 185. The first-order valence-corrected chi connectivity index (χ1v) is 6.13. The maximum Gasteiger partial charge on any atom is 0.0774 e. The van der Waals surface area contributed by atoms with Gasteiger partial charge in [0.1, 0.15) is 0 Å². The zero-order chi connectivity index (χ0) is 10.0. The van der Waals surface area contributed by atoms with Gasteiger partial charge in [0.05, 0.1) is 5.60 Å². The third-order valence-electron chi connectivity index (χ3n) is 4.13. The Hall–Kier alpha value is -0.0800. The quantitative estimate of drug-likeness (QED) is 0.673. The molecule has 1 heterocycles. The van der Waals surface area contributed by atoms with Crippen molar-refractivity contribution in [2.24, 2.45) is 11.8 Å². The van der Waals surface area contributed by atoms with Crippen molar-refractivity contribution >= 4 is 0 Å². The molecule has 0 aromatic heterocycles. The molecule has 2 heteroatoms. The van der Waals surface area contributed by atoms with Crippen LogP contribution >= 0.6 is 0 Å². The average Bonchev–Trinajstić information content (AvgIpc) is 2.18. The zero-order valence-electron chi connectivity index (χ0n) is 9.26. The summed E-state index contributed by atoms with van der Waals surface area (Å²) >= 11 is 0. The van der Waals surface area contributed by atoms with Crippen LogP contribution < -0.4 is 5.32 Å². The normalized spacial score (nSPS) is 41.1. The molecule has 2 nitrogen and oxygen atoms in total. The van der Waals surface area contributed by atoms with Crippen LogP contribution in [0.15, 0.2) is 0 Å². The van der Waals surface area contributed by atoms with Gasteiger partial charge in [0.2, 0.25) is 0 Å². The maximum atomic E-state index is 10.3. The lowest BCUT2D eigenvalue weighted by atomic mass is 9.69. The van der Waals surface area contributed by atoms with Crippen LogP contribution in [0.5, 0.6) is 0 Å². The minimum absolute atomic E-state index is 0.458. The van der Waals surface area contributed by atoms with Crippen molar-refractivity contribution < 1.29 is 5.11 Å². The summed E-state index contributed by atoms with van der Waals surface area (Å²) in [6.45, 7) is 3.89. The molecule has 0 amide bonds.